The molecule has 6 unspecified atom stereocenters. The van der Waals surface area contributed by atoms with Crippen LogP contribution in [0.5, 0.6) is 0 Å². The lowest BCUT2D eigenvalue weighted by Gasteiger charge is -2.48. The molecule has 15 atom stereocenters. The molecule has 1 amide bonds. The van der Waals surface area contributed by atoms with Crippen molar-refractivity contribution in [3.05, 3.63) is 0 Å². The molecule has 0 spiro atoms. The Balaban J connectivity index is 1.46. The molecule has 3 heterocycles. The monoisotopic (exact) mass is 825 g/mol. The number of hydrogen-bond donors (Lipinski definition) is 10. The minimum atomic E-state index is -1.86. The number of carbonyl (C=O) groups is 3. The second kappa shape index (κ2) is 25.7. The second-order valence-corrected chi connectivity index (χ2v) is 15.1. The van der Waals surface area contributed by atoms with Crippen LogP contribution in [-0.4, -0.2) is 182 Å². The second-order valence-electron chi connectivity index (χ2n) is 15.1. The van der Waals surface area contributed by atoms with E-state index in [1.54, 1.807) is 0 Å². The highest BCUT2D eigenvalue weighted by Gasteiger charge is 2.54. The van der Waals surface area contributed by atoms with Gasteiger partial charge < -0.3 is 79.7 Å². The van der Waals surface area contributed by atoms with E-state index in [4.69, 9.17) is 28.4 Å². The fourth-order valence-electron chi connectivity index (χ4n) is 6.93. The molecule has 19 heteroatoms. The zero-order chi connectivity index (χ0) is 42.1. The lowest BCUT2D eigenvalue weighted by atomic mass is 9.96. The Labute approximate surface area is 333 Å². The number of amides is 1. The smallest absolute Gasteiger partial charge is 0.219 e. The maximum absolute atomic E-state index is 12.3. The molecule has 57 heavy (non-hydrogen) atoms. The van der Waals surface area contributed by atoms with Crippen LogP contribution in [0, 0.1) is 0 Å². The number of hydrogen-bond acceptors (Lipinski definition) is 18. The van der Waals surface area contributed by atoms with Crippen molar-refractivity contribution in [3.8, 4) is 0 Å². The summed E-state index contributed by atoms with van der Waals surface area (Å²) in [5, 5.41) is 96.2. The third kappa shape index (κ3) is 15.3. The maximum atomic E-state index is 12.3. The van der Waals surface area contributed by atoms with Crippen LogP contribution in [0.1, 0.15) is 104 Å². The van der Waals surface area contributed by atoms with Gasteiger partial charge in [-0.3, -0.25) is 14.4 Å². The molecule has 0 saturated carbocycles. The van der Waals surface area contributed by atoms with E-state index in [1.165, 1.54) is 6.92 Å². The van der Waals surface area contributed by atoms with Gasteiger partial charge in [-0.1, -0.05) is 32.6 Å². The van der Waals surface area contributed by atoms with Crippen molar-refractivity contribution in [1.29, 1.82) is 0 Å². The van der Waals surface area contributed by atoms with Crippen molar-refractivity contribution in [3.63, 3.8) is 0 Å². The molecule has 3 aliphatic heterocycles. The molecule has 0 aromatic rings. The first-order chi connectivity index (χ1) is 27.2. The molecule has 0 bridgehead atoms. The summed E-state index contributed by atoms with van der Waals surface area (Å²) in [5.74, 6) is 0.274. The van der Waals surface area contributed by atoms with Gasteiger partial charge >= 0.3 is 0 Å². The van der Waals surface area contributed by atoms with Crippen molar-refractivity contribution >= 4 is 17.5 Å². The van der Waals surface area contributed by atoms with Crippen molar-refractivity contribution in [2.75, 3.05) is 26.4 Å². The van der Waals surface area contributed by atoms with Crippen LogP contribution in [0.2, 0.25) is 0 Å². The molecule has 0 aromatic heterocycles. The average molecular weight is 826 g/mol. The molecule has 19 nitrogen and oxygen atoms in total. The van der Waals surface area contributed by atoms with Gasteiger partial charge in [-0.2, -0.15) is 0 Å². The minimum absolute atomic E-state index is 0.0692. The largest absolute Gasteiger partial charge is 0.394 e. The first kappa shape index (κ1) is 49.6. The molecule has 3 saturated heterocycles. The summed E-state index contributed by atoms with van der Waals surface area (Å²) in [4.78, 5) is 35.6. The van der Waals surface area contributed by atoms with E-state index in [0.717, 1.165) is 32.1 Å². The summed E-state index contributed by atoms with van der Waals surface area (Å²) in [6, 6.07) is 0. The number of aliphatic hydroxyl groups is 9. The quantitative estimate of drug-likeness (QED) is 0.0431. The van der Waals surface area contributed by atoms with Gasteiger partial charge in [-0.05, 0) is 39.0 Å². The summed E-state index contributed by atoms with van der Waals surface area (Å²) in [7, 11) is 0. The average Bonchev–Trinajstić information content (AvgIpc) is 3.20. The Hall–Kier alpha value is -1.79. The predicted octanol–water partition coefficient (Wildman–Crippen LogP) is -1.79. The number of aliphatic hydroxyl groups excluding tert-OH is 9. The molecule has 3 aliphatic rings. The Kier molecular flexibility index (Phi) is 22.4. The number of ether oxygens (including phenoxy) is 6. The molecular weight excluding hydrogens is 758 g/mol. The van der Waals surface area contributed by atoms with E-state index in [1.807, 2.05) is 6.92 Å². The SMILES string of the molecule is CCC(=O)CCCCC(=O)NCCCC(=O)CCCCCCCCO[C@@H]1OC(CO)[C@H](O)[C@H](O[C@H]2OC(CO)[C@H](O)[C@H](O)C2O)C1O[C@@H]1OC(C)[C@@H](O)[C@H](O)C1O. The van der Waals surface area contributed by atoms with Crippen LogP contribution in [0.15, 0.2) is 0 Å². The van der Waals surface area contributed by atoms with Gasteiger partial charge in [0.15, 0.2) is 18.9 Å². The number of Topliss-reactive ketones (excluding diaryl/α,β-unsaturated/α-hetero) is 2. The van der Waals surface area contributed by atoms with E-state index in [9.17, 15) is 60.3 Å². The van der Waals surface area contributed by atoms with E-state index in [0.29, 0.717) is 64.3 Å². The predicted molar refractivity (Wildman–Crippen MR) is 197 cm³/mol. The molecule has 3 fully saturated rings. The van der Waals surface area contributed by atoms with Crippen LogP contribution >= 0.6 is 0 Å². The Morgan fingerprint density at radius 2 is 1.05 bits per heavy atom. The number of carbonyl (C=O) groups excluding carboxylic acids is 3. The van der Waals surface area contributed by atoms with Crippen LogP contribution in [0.4, 0.5) is 0 Å². The van der Waals surface area contributed by atoms with Crippen molar-refractivity contribution in [2.24, 2.45) is 0 Å². The van der Waals surface area contributed by atoms with Gasteiger partial charge in [-0.25, -0.2) is 0 Å². The lowest BCUT2D eigenvalue weighted by Crippen LogP contribution is -2.67. The Bertz CT molecular complexity index is 1180. The normalized spacial score (nSPS) is 35.9. The lowest BCUT2D eigenvalue weighted by molar-refractivity contribution is -0.390. The van der Waals surface area contributed by atoms with Crippen LogP contribution in [0.3, 0.4) is 0 Å². The highest BCUT2D eigenvalue weighted by molar-refractivity contribution is 5.79. The highest BCUT2D eigenvalue weighted by atomic mass is 16.8. The van der Waals surface area contributed by atoms with Crippen molar-refractivity contribution < 1.29 is 88.8 Å². The summed E-state index contributed by atoms with van der Waals surface area (Å²) >= 11 is 0. The first-order valence-electron chi connectivity index (χ1n) is 20.4. The minimum Gasteiger partial charge on any atom is -0.394 e. The number of ketones is 2. The number of unbranched alkanes of at least 4 members (excludes halogenated alkanes) is 6. The van der Waals surface area contributed by atoms with Gasteiger partial charge in [0.05, 0.1) is 19.3 Å². The van der Waals surface area contributed by atoms with E-state index in [-0.39, 0.29) is 24.1 Å². The molecule has 0 radical (unpaired) electrons. The highest BCUT2D eigenvalue weighted by Crippen LogP contribution is 2.34. The Morgan fingerprint density at radius 1 is 0.544 bits per heavy atom. The van der Waals surface area contributed by atoms with Gasteiger partial charge in [0, 0.05) is 45.3 Å². The summed E-state index contributed by atoms with van der Waals surface area (Å²) in [5.41, 5.74) is 0. The van der Waals surface area contributed by atoms with Gasteiger partial charge in [-0.15, -0.1) is 0 Å². The molecule has 332 valence electrons. The van der Waals surface area contributed by atoms with Crippen LogP contribution in [-0.2, 0) is 42.8 Å². The molecule has 3 rings (SSSR count). The van der Waals surface area contributed by atoms with Crippen LogP contribution in [0.25, 0.3) is 0 Å². The number of rotatable bonds is 26. The third-order valence-electron chi connectivity index (χ3n) is 10.6. The maximum Gasteiger partial charge on any atom is 0.219 e. The van der Waals surface area contributed by atoms with Gasteiger partial charge in [0.2, 0.25) is 5.91 Å². The molecular formula is C38H67NO18. The van der Waals surface area contributed by atoms with E-state index in [2.05, 4.69) is 5.32 Å². The molecule has 0 aromatic carbocycles. The zero-order valence-electron chi connectivity index (χ0n) is 33.1. The fourth-order valence-corrected chi connectivity index (χ4v) is 6.93. The van der Waals surface area contributed by atoms with Crippen molar-refractivity contribution in [1.82, 2.24) is 5.32 Å². The topological polar surface area (TPSA) is 301 Å². The first-order valence-corrected chi connectivity index (χ1v) is 20.4. The standard InChI is InChI=1S/C38H67NO18/c1-3-22(42)13-9-10-16-26(44)39-17-12-15-23(43)14-8-6-4-5-7-11-18-52-38-35(57-36-32(50)30(48)27(45)21(2)53-36)34(29(47)25(20-41)55-38)56-37-33(51)31(49)28(46)24(19-40)54-37/h21,24-25,27-38,40-41,45-51H,3-20H2,1-2H3,(H,39,44)/t21?,24?,25?,27-,28+,29+,30+,31+,32?,33?,34+,35?,36+,37-,38-/m1/s1. The Morgan fingerprint density at radius 3 is 1.72 bits per heavy atom. The summed E-state index contributed by atoms with van der Waals surface area (Å²) < 4.78 is 34.8. The summed E-state index contributed by atoms with van der Waals surface area (Å²) in [6.07, 6.45) is -14.6. The van der Waals surface area contributed by atoms with Crippen LogP contribution < -0.4 is 5.32 Å². The zero-order valence-corrected chi connectivity index (χ0v) is 33.1. The third-order valence-corrected chi connectivity index (χ3v) is 10.6. The summed E-state index contributed by atoms with van der Waals surface area (Å²) in [6.45, 7) is 2.34. The number of nitrogens with one attached hydrogen (secondary N) is 1. The molecule has 10 N–H and O–H groups in total. The van der Waals surface area contributed by atoms with Gasteiger partial charge in [0.1, 0.15) is 78.7 Å². The van der Waals surface area contributed by atoms with E-state index < -0.39 is 105 Å². The van der Waals surface area contributed by atoms with E-state index >= 15 is 0 Å². The van der Waals surface area contributed by atoms with Crippen molar-refractivity contribution in [2.45, 2.75) is 196 Å². The molecule has 0 aliphatic carbocycles. The fraction of sp³-hybridized carbons (Fsp3) is 0.921. The van der Waals surface area contributed by atoms with Gasteiger partial charge in [0.25, 0.3) is 0 Å².